The number of hydrogen-bond acceptors (Lipinski definition) is 5. The van der Waals surface area contributed by atoms with E-state index < -0.39 is 16.7 Å². The van der Waals surface area contributed by atoms with Crippen LogP contribution in [0.3, 0.4) is 0 Å². The van der Waals surface area contributed by atoms with Gasteiger partial charge in [0.05, 0.1) is 13.2 Å². The topological polar surface area (TPSA) is 52.6 Å². The van der Waals surface area contributed by atoms with Gasteiger partial charge in [-0.05, 0) is 13.8 Å². The van der Waals surface area contributed by atoms with E-state index in [0.29, 0.717) is 12.2 Å². The van der Waals surface area contributed by atoms with Crippen LogP contribution in [0.25, 0.3) is 0 Å². The summed E-state index contributed by atoms with van der Waals surface area (Å²) >= 11 is 1.27. The van der Waals surface area contributed by atoms with Crippen molar-refractivity contribution in [1.82, 2.24) is 0 Å². The molecule has 0 aromatic rings. The fourth-order valence-electron chi connectivity index (χ4n) is 1.43. The van der Waals surface area contributed by atoms with Gasteiger partial charge in [0, 0.05) is 12.2 Å². The second kappa shape index (κ2) is 5.94. The van der Waals surface area contributed by atoms with Gasteiger partial charge in [0.15, 0.2) is 0 Å². The molecular weight excluding hydrogens is 228 g/mol. The average molecular weight is 244 g/mol. The second-order valence-corrected chi connectivity index (χ2v) is 4.57. The molecule has 0 fully saturated rings. The Bertz CT molecular complexity index is 280. The van der Waals surface area contributed by atoms with Crippen LogP contribution in [-0.2, 0) is 19.1 Å². The smallest absolute Gasteiger partial charge is 0.334 e. The summed E-state index contributed by atoms with van der Waals surface area (Å²) in [5, 5.41) is 0. The van der Waals surface area contributed by atoms with Crippen molar-refractivity contribution in [3.05, 3.63) is 12.2 Å². The van der Waals surface area contributed by atoms with Crippen LogP contribution in [0.15, 0.2) is 12.2 Å². The van der Waals surface area contributed by atoms with Crippen molar-refractivity contribution < 1.29 is 19.1 Å². The van der Waals surface area contributed by atoms with E-state index in [1.54, 1.807) is 13.8 Å². The van der Waals surface area contributed by atoms with Gasteiger partial charge in [-0.15, -0.1) is 11.8 Å². The molecule has 0 aromatic heterocycles. The molecule has 1 aliphatic heterocycles. The molecule has 0 saturated carbocycles. The number of ether oxygens (including phenoxy) is 2. The van der Waals surface area contributed by atoms with Crippen LogP contribution in [0.2, 0.25) is 0 Å². The molecule has 4 nitrogen and oxygen atoms in total. The summed E-state index contributed by atoms with van der Waals surface area (Å²) in [5.74, 6) is -0.372. The predicted octanol–water partition coefficient (Wildman–Crippen LogP) is 1.54. The van der Waals surface area contributed by atoms with Crippen LogP contribution < -0.4 is 0 Å². The van der Waals surface area contributed by atoms with Gasteiger partial charge < -0.3 is 9.47 Å². The zero-order valence-corrected chi connectivity index (χ0v) is 10.3. The SMILES string of the molecule is CCOC(=O)C1(C(=O)OCC)CC=CCS1. The fourth-order valence-corrected chi connectivity index (χ4v) is 2.51. The Hall–Kier alpha value is -0.970. The Labute approximate surface area is 99.4 Å². The highest BCUT2D eigenvalue weighted by atomic mass is 32.2. The maximum Gasteiger partial charge on any atom is 0.334 e. The largest absolute Gasteiger partial charge is 0.465 e. The molecule has 1 heterocycles. The molecule has 0 saturated heterocycles. The second-order valence-electron chi connectivity index (χ2n) is 3.25. The fraction of sp³-hybridized carbons (Fsp3) is 0.636. The molecule has 0 atom stereocenters. The van der Waals surface area contributed by atoms with Gasteiger partial charge in [0.1, 0.15) is 0 Å². The van der Waals surface area contributed by atoms with E-state index in [-0.39, 0.29) is 13.2 Å². The Morgan fingerprint density at radius 1 is 1.19 bits per heavy atom. The third-order valence-electron chi connectivity index (χ3n) is 2.21. The molecule has 90 valence electrons. The summed E-state index contributed by atoms with van der Waals surface area (Å²) in [6.07, 6.45) is 4.10. The van der Waals surface area contributed by atoms with Crippen molar-refractivity contribution in [2.45, 2.75) is 25.0 Å². The molecular formula is C11H16O4S. The summed E-state index contributed by atoms with van der Waals surface area (Å²) < 4.78 is 8.72. The molecule has 0 aromatic carbocycles. The van der Waals surface area contributed by atoms with Crippen LogP contribution in [0.5, 0.6) is 0 Å². The van der Waals surface area contributed by atoms with Gasteiger partial charge in [-0.3, -0.25) is 0 Å². The van der Waals surface area contributed by atoms with Crippen molar-refractivity contribution in [3.63, 3.8) is 0 Å². The van der Waals surface area contributed by atoms with E-state index in [4.69, 9.17) is 9.47 Å². The van der Waals surface area contributed by atoms with Gasteiger partial charge in [0.25, 0.3) is 0 Å². The Kier molecular flexibility index (Phi) is 4.86. The Balaban J connectivity index is 2.87. The monoisotopic (exact) mass is 244 g/mol. The van der Waals surface area contributed by atoms with Gasteiger partial charge in [0.2, 0.25) is 4.75 Å². The number of carbonyl (C=O) groups excluding carboxylic acids is 2. The van der Waals surface area contributed by atoms with Crippen LogP contribution in [0.1, 0.15) is 20.3 Å². The first-order valence-corrected chi connectivity index (χ1v) is 6.29. The first-order valence-electron chi connectivity index (χ1n) is 5.30. The lowest BCUT2D eigenvalue weighted by Crippen LogP contribution is -2.46. The molecule has 0 spiro atoms. The molecule has 1 rings (SSSR count). The number of thioether (sulfide) groups is 1. The minimum absolute atomic E-state index is 0.268. The van der Waals surface area contributed by atoms with Crippen LogP contribution in [0, 0.1) is 0 Å². The lowest BCUT2D eigenvalue weighted by molar-refractivity contribution is -0.158. The number of esters is 2. The maximum atomic E-state index is 11.9. The standard InChI is InChI=1S/C11H16O4S/c1-3-14-9(12)11(10(13)15-4-2)7-5-6-8-16-11/h5-6H,3-4,7-8H2,1-2H3. The molecule has 0 bridgehead atoms. The van der Waals surface area contributed by atoms with E-state index in [9.17, 15) is 9.59 Å². The average Bonchev–Trinajstić information content (AvgIpc) is 2.30. The minimum Gasteiger partial charge on any atom is -0.465 e. The van der Waals surface area contributed by atoms with Crippen molar-refractivity contribution in [2.75, 3.05) is 19.0 Å². The quantitative estimate of drug-likeness (QED) is 0.426. The zero-order chi connectivity index (χ0) is 12.0. The number of rotatable bonds is 4. The highest BCUT2D eigenvalue weighted by Crippen LogP contribution is 2.35. The normalized spacial score (nSPS) is 17.9. The number of carbonyl (C=O) groups is 2. The van der Waals surface area contributed by atoms with Crippen LogP contribution in [0.4, 0.5) is 0 Å². The molecule has 0 unspecified atom stereocenters. The number of hydrogen-bond donors (Lipinski definition) is 0. The molecule has 0 amide bonds. The van der Waals surface area contributed by atoms with Crippen LogP contribution >= 0.6 is 11.8 Å². The van der Waals surface area contributed by atoms with E-state index >= 15 is 0 Å². The zero-order valence-electron chi connectivity index (χ0n) is 9.52. The predicted molar refractivity (Wildman–Crippen MR) is 62.2 cm³/mol. The van der Waals surface area contributed by atoms with E-state index in [1.807, 2.05) is 12.2 Å². The first kappa shape index (κ1) is 13.1. The maximum absolute atomic E-state index is 11.9. The highest BCUT2D eigenvalue weighted by molar-refractivity contribution is 8.02. The number of allylic oxidation sites excluding steroid dienone is 1. The summed E-state index contributed by atoms with van der Waals surface area (Å²) in [5.41, 5.74) is 0. The summed E-state index contributed by atoms with van der Waals surface area (Å²) in [6, 6.07) is 0. The molecule has 0 radical (unpaired) electrons. The van der Waals surface area contributed by atoms with Crippen molar-refractivity contribution >= 4 is 23.7 Å². The molecule has 5 heteroatoms. The van der Waals surface area contributed by atoms with Crippen LogP contribution in [-0.4, -0.2) is 35.7 Å². The van der Waals surface area contributed by atoms with Gasteiger partial charge in [-0.1, -0.05) is 12.2 Å². The lowest BCUT2D eigenvalue weighted by Gasteiger charge is -2.29. The first-order chi connectivity index (χ1) is 7.67. The van der Waals surface area contributed by atoms with E-state index in [0.717, 1.165) is 0 Å². The van der Waals surface area contributed by atoms with Gasteiger partial charge >= 0.3 is 11.9 Å². The van der Waals surface area contributed by atoms with Crippen molar-refractivity contribution in [2.24, 2.45) is 0 Å². The summed E-state index contributed by atoms with van der Waals surface area (Å²) in [7, 11) is 0. The third-order valence-corrected chi connectivity index (χ3v) is 3.56. The Morgan fingerprint density at radius 2 is 1.75 bits per heavy atom. The molecule has 0 aliphatic carbocycles. The molecule has 16 heavy (non-hydrogen) atoms. The molecule has 0 N–H and O–H groups in total. The Morgan fingerprint density at radius 3 is 2.12 bits per heavy atom. The van der Waals surface area contributed by atoms with Crippen molar-refractivity contribution in [1.29, 1.82) is 0 Å². The van der Waals surface area contributed by atoms with Crippen molar-refractivity contribution in [3.8, 4) is 0 Å². The summed E-state index contributed by atoms with van der Waals surface area (Å²) in [4.78, 5) is 23.7. The van der Waals surface area contributed by atoms with E-state index in [2.05, 4.69) is 0 Å². The van der Waals surface area contributed by atoms with Gasteiger partial charge in [-0.25, -0.2) is 9.59 Å². The summed E-state index contributed by atoms with van der Waals surface area (Å²) in [6.45, 7) is 3.98. The highest BCUT2D eigenvalue weighted by Gasteiger charge is 2.49. The lowest BCUT2D eigenvalue weighted by atomic mass is 10.0. The van der Waals surface area contributed by atoms with Gasteiger partial charge in [-0.2, -0.15) is 0 Å². The van der Waals surface area contributed by atoms with E-state index in [1.165, 1.54) is 11.8 Å². The third kappa shape index (κ3) is 2.58. The molecule has 1 aliphatic rings. The minimum atomic E-state index is -1.19.